The Morgan fingerprint density at radius 1 is 1.17 bits per heavy atom. The van der Waals surface area contributed by atoms with Crippen LogP contribution in [0.4, 0.5) is 5.69 Å². The van der Waals surface area contributed by atoms with Crippen LogP contribution in [0.1, 0.15) is 19.3 Å². The van der Waals surface area contributed by atoms with Crippen molar-refractivity contribution in [3.8, 4) is 0 Å². The number of hydrogen-bond acceptors (Lipinski definition) is 1. The summed E-state index contributed by atoms with van der Waals surface area (Å²) in [7, 11) is 0. The van der Waals surface area contributed by atoms with Gasteiger partial charge in [-0.25, -0.2) is 0 Å². The molecule has 0 atom stereocenters. The Morgan fingerprint density at radius 2 is 2.00 bits per heavy atom. The maximum atomic E-state index is 3.12. The van der Waals surface area contributed by atoms with Crippen molar-refractivity contribution in [1.29, 1.82) is 0 Å². The summed E-state index contributed by atoms with van der Waals surface area (Å²) in [4.78, 5) is 2.44. The van der Waals surface area contributed by atoms with E-state index in [4.69, 9.17) is 0 Å². The van der Waals surface area contributed by atoms with Crippen molar-refractivity contribution in [2.24, 2.45) is 0 Å². The zero-order valence-electron chi connectivity index (χ0n) is 7.29. The molecular weight excluding hydrogens is 146 g/mol. The summed E-state index contributed by atoms with van der Waals surface area (Å²) < 4.78 is 0. The summed E-state index contributed by atoms with van der Waals surface area (Å²) in [6.45, 7) is 2.44. The van der Waals surface area contributed by atoms with Crippen molar-refractivity contribution < 1.29 is 0 Å². The van der Waals surface area contributed by atoms with Crippen LogP contribution >= 0.6 is 0 Å². The van der Waals surface area contributed by atoms with E-state index in [-0.39, 0.29) is 0 Å². The minimum absolute atomic E-state index is 1.22. The highest BCUT2D eigenvalue weighted by Gasteiger charge is 2.09. The van der Waals surface area contributed by atoms with E-state index in [0.717, 1.165) is 0 Å². The van der Waals surface area contributed by atoms with Gasteiger partial charge in [-0.3, -0.25) is 0 Å². The summed E-state index contributed by atoms with van der Waals surface area (Å²) in [6.07, 6.45) is 4.08. The lowest BCUT2D eigenvalue weighted by Crippen LogP contribution is -2.29. The molecule has 0 aromatic heterocycles. The van der Waals surface area contributed by atoms with Crippen molar-refractivity contribution in [2.75, 3.05) is 18.0 Å². The number of benzene rings is 1. The van der Waals surface area contributed by atoms with Gasteiger partial charge in [0.2, 0.25) is 0 Å². The van der Waals surface area contributed by atoms with Crippen LogP contribution in [0.25, 0.3) is 0 Å². The molecule has 1 nitrogen and oxygen atoms in total. The van der Waals surface area contributed by atoms with Crippen molar-refractivity contribution in [2.45, 2.75) is 19.3 Å². The standard InChI is InChI=1S/C11H14N/c1-3-7-11(8-4-1)12-9-5-2-6-10-12/h1,3,7-8H,2,5-6,9-10H2. The number of hydrogen-bond donors (Lipinski definition) is 0. The van der Waals surface area contributed by atoms with Crippen molar-refractivity contribution in [3.63, 3.8) is 0 Å². The Hall–Kier alpha value is -0.980. The molecule has 1 saturated heterocycles. The van der Waals surface area contributed by atoms with E-state index >= 15 is 0 Å². The minimum Gasteiger partial charge on any atom is -0.372 e. The molecule has 2 rings (SSSR count). The molecule has 12 heavy (non-hydrogen) atoms. The Bertz CT molecular complexity index is 224. The molecule has 1 fully saturated rings. The van der Waals surface area contributed by atoms with Crippen LogP contribution in [-0.2, 0) is 0 Å². The normalized spacial score (nSPS) is 17.8. The van der Waals surface area contributed by atoms with Gasteiger partial charge in [-0.2, -0.15) is 0 Å². The zero-order valence-corrected chi connectivity index (χ0v) is 7.29. The maximum absolute atomic E-state index is 3.12. The predicted octanol–water partition coefficient (Wildman–Crippen LogP) is 2.48. The first kappa shape index (κ1) is 7.66. The second kappa shape index (κ2) is 3.61. The third-order valence-corrected chi connectivity index (χ3v) is 2.41. The molecule has 1 aliphatic rings. The Kier molecular flexibility index (Phi) is 2.31. The molecule has 0 unspecified atom stereocenters. The first-order chi connectivity index (χ1) is 5.97. The third kappa shape index (κ3) is 1.60. The van der Waals surface area contributed by atoms with Gasteiger partial charge in [0.05, 0.1) is 0 Å². The van der Waals surface area contributed by atoms with Crippen LogP contribution in [-0.4, -0.2) is 13.1 Å². The molecule has 1 aromatic rings. The molecule has 1 radical (unpaired) electrons. The van der Waals surface area contributed by atoms with Crippen LogP contribution in [0.5, 0.6) is 0 Å². The fourth-order valence-electron chi connectivity index (χ4n) is 1.73. The van der Waals surface area contributed by atoms with Gasteiger partial charge >= 0.3 is 0 Å². The smallest absolute Gasteiger partial charge is 0.0372 e. The molecule has 0 saturated carbocycles. The minimum atomic E-state index is 1.22. The lowest BCUT2D eigenvalue weighted by Gasteiger charge is -2.28. The predicted molar refractivity (Wildman–Crippen MR) is 51.3 cm³/mol. The van der Waals surface area contributed by atoms with E-state index in [0.29, 0.717) is 0 Å². The number of piperidine rings is 1. The molecule has 0 spiro atoms. The average Bonchev–Trinajstić information content (AvgIpc) is 2.21. The lowest BCUT2D eigenvalue weighted by atomic mass is 10.1. The average molecular weight is 160 g/mol. The van der Waals surface area contributed by atoms with Crippen LogP contribution in [0.2, 0.25) is 0 Å². The second-order valence-corrected chi connectivity index (χ2v) is 3.31. The maximum Gasteiger partial charge on any atom is 0.0372 e. The fraction of sp³-hybridized carbons (Fsp3) is 0.455. The van der Waals surface area contributed by atoms with E-state index in [1.165, 1.54) is 38.0 Å². The Balaban J connectivity index is 2.08. The first-order valence-corrected chi connectivity index (χ1v) is 4.68. The van der Waals surface area contributed by atoms with Gasteiger partial charge in [0, 0.05) is 18.8 Å². The topological polar surface area (TPSA) is 3.24 Å². The monoisotopic (exact) mass is 160 g/mol. The van der Waals surface area contributed by atoms with Gasteiger partial charge in [0.1, 0.15) is 0 Å². The van der Waals surface area contributed by atoms with Gasteiger partial charge in [-0.15, -0.1) is 0 Å². The summed E-state index contributed by atoms with van der Waals surface area (Å²) in [5.74, 6) is 0. The SMILES string of the molecule is [c]1cccc(N2CCCCC2)c1. The van der Waals surface area contributed by atoms with E-state index in [1.54, 1.807) is 0 Å². The number of anilines is 1. The lowest BCUT2D eigenvalue weighted by molar-refractivity contribution is 0.578. The fourth-order valence-corrected chi connectivity index (χ4v) is 1.73. The van der Waals surface area contributed by atoms with Gasteiger partial charge in [-0.1, -0.05) is 12.1 Å². The summed E-state index contributed by atoms with van der Waals surface area (Å²) in [5, 5.41) is 0. The third-order valence-electron chi connectivity index (χ3n) is 2.41. The van der Waals surface area contributed by atoms with Crippen molar-refractivity contribution in [3.05, 3.63) is 30.3 Å². The molecule has 63 valence electrons. The molecule has 1 aromatic carbocycles. The highest BCUT2D eigenvalue weighted by Crippen LogP contribution is 2.18. The largest absolute Gasteiger partial charge is 0.372 e. The Morgan fingerprint density at radius 3 is 2.67 bits per heavy atom. The van der Waals surface area contributed by atoms with E-state index < -0.39 is 0 Å². The number of nitrogens with zero attached hydrogens (tertiary/aromatic N) is 1. The molecule has 1 heterocycles. The summed E-state index contributed by atoms with van der Waals surface area (Å²) in [5.41, 5.74) is 1.33. The summed E-state index contributed by atoms with van der Waals surface area (Å²) in [6, 6.07) is 11.4. The highest BCUT2D eigenvalue weighted by atomic mass is 15.1. The van der Waals surface area contributed by atoms with Crippen LogP contribution in [0.3, 0.4) is 0 Å². The molecule has 0 N–H and O–H groups in total. The molecule has 0 bridgehead atoms. The second-order valence-electron chi connectivity index (χ2n) is 3.31. The number of rotatable bonds is 1. The van der Waals surface area contributed by atoms with Gasteiger partial charge in [0.25, 0.3) is 0 Å². The summed E-state index contributed by atoms with van der Waals surface area (Å²) >= 11 is 0. The van der Waals surface area contributed by atoms with Crippen molar-refractivity contribution >= 4 is 5.69 Å². The molecule has 1 heteroatoms. The van der Waals surface area contributed by atoms with Gasteiger partial charge in [-0.05, 0) is 37.5 Å². The van der Waals surface area contributed by atoms with Crippen LogP contribution in [0, 0.1) is 6.07 Å². The zero-order chi connectivity index (χ0) is 8.23. The highest BCUT2D eigenvalue weighted by molar-refractivity contribution is 5.45. The first-order valence-electron chi connectivity index (χ1n) is 4.68. The van der Waals surface area contributed by atoms with Crippen LogP contribution < -0.4 is 4.90 Å². The molecule has 1 aliphatic heterocycles. The molecule has 0 amide bonds. The quantitative estimate of drug-likeness (QED) is 0.610. The van der Waals surface area contributed by atoms with E-state index in [9.17, 15) is 0 Å². The van der Waals surface area contributed by atoms with Crippen molar-refractivity contribution in [1.82, 2.24) is 0 Å². The Labute approximate surface area is 74.0 Å². The van der Waals surface area contributed by atoms with E-state index in [2.05, 4.69) is 29.2 Å². The van der Waals surface area contributed by atoms with Crippen LogP contribution in [0.15, 0.2) is 24.3 Å². The van der Waals surface area contributed by atoms with Gasteiger partial charge in [0.15, 0.2) is 0 Å². The molecular formula is C11H14N. The van der Waals surface area contributed by atoms with Gasteiger partial charge < -0.3 is 4.90 Å². The van der Waals surface area contributed by atoms with E-state index in [1.807, 2.05) is 6.07 Å². The molecule has 0 aliphatic carbocycles.